The number of rotatable bonds is 2. The van der Waals surface area contributed by atoms with Gasteiger partial charge in [0, 0.05) is 12.7 Å². The van der Waals surface area contributed by atoms with Crippen molar-refractivity contribution in [1.82, 2.24) is 3.97 Å². The number of hydrogen-bond donors (Lipinski definition) is 2. The lowest BCUT2D eigenvalue weighted by Gasteiger charge is -2.06. The number of hydrogen-bond acceptors (Lipinski definition) is 4. The third-order valence-electron chi connectivity index (χ3n) is 1.22. The molecule has 0 radical (unpaired) electrons. The van der Waals surface area contributed by atoms with E-state index in [9.17, 15) is 8.76 Å². The van der Waals surface area contributed by atoms with Crippen LogP contribution in [0.5, 0.6) is 0 Å². The topological polar surface area (TPSA) is 71.1 Å². The van der Waals surface area contributed by atoms with E-state index in [4.69, 9.17) is 5.73 Å². The van der Waals surface area contributed by atoms with Crippen LogP contribution in [-0.4, -0.2) is 12.7 Å². The van der Waals surface area contributed by atoms with E-state index < -0.39 is 11.3 Å². The van der Waals surface area contributed by atoms with Crippen LogP contribution in [0, 0.1) is 0 Å². The fraction of sp³-hybridized carbons (Fsp3) is 0.200. The van der Waals surface area contributed by atoms with Gasteiger partial charge in [0.2, 0.25) is 0 Å². The Kier molecular flexibility index (Phi) is 2.72. The predicted octanol–water partition coefficient (Wildman–Crippen LogP) is -0.122. The summed E-state index contributed by atoms with van der Waals surface area (Å²) in [5, 5.41) is 0.374. The molecule has 11 heavy (non-hydrogen) atoms. The zero-order chi connectivity index (χ0) is 8.43. The maximum absolute atomic E-state index is 10.4. The maximum atomic E-state index is 10.4. The lowest BCUT2D eigenvalue weighted by Crippen LogP contribution is -2.01. The predicted molar refractivity (Wildman–Crippen MR) is 43.9 cm³/mol. The quantitative estimate of drug-likeness (QED) is 0.505. The Bertz CT molecular complexity index is 284. The van der Waals surface area contributed by atoms with Crippen LogP contribution in [0.2, 0.25) is 0 Å². The van der Waals surface area contributed by atoms with E-state index in [0.717, 1.165) is 9.54 Å². The molecule has 0 aliphatic rings. The highest BCUT2D eigenvalue weighted by Crippen LogP contribution is 2.12. The molecule has 1 aromatic heterocycles. The first-order chi connectivity index (χ1) is 5.15. The largest absolute Gasteiger partial charge is 0.755 e. The lowest BCUT2D eigenvalue weighted by molar-refractivity contribution is 0.524. The third-order valence-corrected chi connectivity index (χ3v) is 2.32. The van der Waals surface area contributed by atoms with E-state index in [0.29, 0.717) is 11.6 Å². The Hall–Kier alpha value is -0.300. The second kappa shape index (κ2) is 3.40. The second-order valence-electron chi connectivity index (χ2n) is 1.95. The van der Waals surface area contributed by atoms with E-state index in [-0.39, 0.29) is 0 Å². The van der Waals surface area contributed by atoms with Crippen molar-refractivity contribution in [1.29, 1.82) is 0 Å². The van der Waals surface area contributed by atoms with Gasteiger partial charge in [0.05, 0.1) is 16.3 Å². The van der Waals surface area contributed by atoms with Crippen molar-refractivity contribution in [3.05, 3.63) is 17.8 Å². The van der Waals surface area contributed by atoms with Gasteiger partial charge in [-0.15, -0.1) is 12.6 Å². The molecule has 1 rings (SSSR count). The molecule has 6 heteroatoms. The summed E-state index contributed by atoms with van der Waals surface area (Å²) in [6.07, 6.45) is 1.44. The number of nitrogens with zero attached hydrogens (tertiary/aromatic N) is 1. The molecular formula is C5H7N2O2S2-. The fourth-order valence-corrected chi connectivity index (χ4v) is 1.56. The highest BCUT2D eigenvalue weighted by Gasteiger charge is 2.00. The average Bonchev–Trinajstić information content (AvgIpc) is 2.30. The smallest absolute Gasteiger partial charge is 0.0837 e. The van der Waals surface area contributed by atoms with Crippen molar-refractivity contribution in [2.24, 2.45) is 5.73 Å². The summed E-state index contributed by atoms with van der Waals surface area (Å²) in [4.78, 5) is 0. The maximum Gasteiger partial charge on any atom is 0.0837 e. The summed E-state index contributed by atoms with van der Waals surface area (Å²) in [6.45, 7) is 0.317. The van der Waals surface area contributed by atoms with Gasteiger partial charge in [-0.2, -0.15) is 0 Å². The summed E-state index contributed by atoms with van der Waals surface area (Å²) < 4.78 is 21.9. The van der Waals surface area contributed by atoms with Gasteiger partial charge in [-0.05, 0) is 11.6 Å². The molecule has 1 heterocycles. The summed E-state index contributed by atoms with van der Waals surface area (Å²) in [5.74, 6) is 0. The van der Waals surface area contributed by atoms with Crippen LogP contribution in [0.4, 0.5) is 0 Å². The molecule has 0 bridgehead atoms. The van der Waals surface area contributed by atoms with Crippen molar-refractivity contribution >= 4 is 23.9 Å². The van der Waals surface area contributed by atoms with Gasteiger partial charge in [0.15, 0.2) is 0 Å². The lowest BCUT2D eigenvalue weighted by atomic mass is 10.4. The van der Waals surface area contributed by atoms with Crippen molar-refractivity contribution in [2.75, 3.05) is 0 Å². The second-order valence-corrected chi connectivity index (χ2v) is 3.24. The monoisotopic (exact) mass is 191 g/mol. The number of nitrogens with two attached hydrogens (primary N) is 1. The molecule has 0 aliphatic carbocycles. The minimum Gasteiger partial charge on any atom is -0.755 e. The minimum atomic E-state index is -2.29. The van der Waals surface area contributed by atoms with Crippen LogP contribution in [0.1, 0.15) is 5.56 Å². The SMILES string of the molecule is NCc1cc(S)n(S(=O)[O-])c1. The van der Waals surface area contributed by atoms with Gasteiger partial charge in [-0.25, -0.2) is 0 Å². The van der Waals surface area contributed by atoms with Gasteiger partial charge in [0.25, 0.3) is 0 Å². The molecule has 0 saturated heterocycles. The van der Waals surface area contributed by atoms with Crippen LogP contribution >= 0.6 is 12.6 Å². The molecule has 0 aliphatic heterocycles. The van der Waals surface area contributed by atoms with Gasteiger partial charge in [-0.1, -0.05) is 0 Å². The van der Waals surface area contributed by atoms with Crippen molar-refractivity contribution in [3.63, 3.8) is 0 Å². The molecule has 1 unspecified atom stereocenters. The van der Waals surface area contributed by atoms with Crippen LogP contribution in [0.25, 0.3) is 0 Å². The van der Waals surface area contributed by atoms with E-state index in [2.05, 4.69) is 12.6 Å². The van der Waals surface area contributed by atoms with Crippen LogP contribution in [-0.2, 0) is 17.8 Å². The van der Waals surface area contributed by atoms with E-state index in [1.54, 1.807) is 6.07 Å². The Morgan fingerprint density at radius 2 is 2.45 bits per heavy atom. The fourth-order valence-electron chi connectivity index (χ4n) is 0.714. The van der Waals surface area contributed by atoms with Crippen molar-refractivity contribution in [3.8, 4) is 0 Å². The number of thiol groups is 1. The minimum absolute atomic E-state index is 0.317. The van der Waals surface area contributed by atoms with Gasteiger partial charge < -0.3 is 10.3 Å². The highest BCUT2D eigenvalue weighted by molar-refractivity contribution is 7.82. The molecule has 0 aromatic carbocycles. The van der Waals surface area contributed by atoms with Crippen LogP contribution < -0.4 is 5.73 Å². The first-order valence-corrected chi connectivity index (χ1v) is 4.33. The van der Waals surface area contributed by atoms with Crippen LogP contribution in [0.3, 0.4) is 0 Å². The van der Waals surface area contributed by atoms with E-state index in [1.807, 2.05) is 0 Å². The molecule has 1 aromatic rings. The molecule has 0 spiro atoms. The summed E-state index contributed by atoms with van der Waals surface area (Å²) >= 11 is 1.64. The molecule has 4 nitrogen and oxygen atoms in total. The molecule has 0 fully saturated rings. The Morgan fingerprint density at radius 3 is 2.73 bits per heavy atom. The zero-order valence-corrected chi connectivity index (χ0v) is 7.27. The molecule has 62 valence electrons. The van der Waals surface area contributed by atoms with Crippen molar-refractivity contribution < 1.29 is 8.76 Å². The Morgan fingerprint density at radius 1 is 1.82 bits per heavy atom. The first-order valence-electron chi connectivity index (χ1n) is 2.85. The number of aromatic nitrogens is 1. The summed E-state index contributed by atoms with van der Waals surface area (Å²) in [6, 6.07) is 1.61. The average molecular weight is 191 g/mol. The van der Waals surface area contributed by atoms with Crippen molar-refractivity contribution in [2.45, 2.75) is 11.6 Å². The summed E-state index contributed by atoms with van der Waals surface area (Å²) in [5.41, 5.74) is 6.03. The van der Waals surface area contributed by atoms with Gasteiger partial charge in [-0.3, -0.25) is 8.18 Å². The molecule has 2 N–H and O–H groups in total. The first kappa shape index (κ1) is 8.79. The van der Waals surface area contributed by atoms with Gasteiger partial charge in [0.1, 0.15) is 0 Å². The van der Waals surface area contributed by atoms with Gasteiger partial charge >= 0.3 is 0 Å². The van der Waals surface area contributed by atoms with E-state index in [1.165, 1.54) is 6.20 Å². The summed E-state index contributed by atoms with van der Waals surface area (Å²) in [7, 11) is 0. The molecular weight excluding hydrogens is 184 g/mol. The highest BCUT2D eigenvalue weighted by atomic mass is 32.2. The molecule has 1 atom stereocenters. The normalized spacial score (nSPS) is 13.4. The Balaban J connectivity index is 3.07. The zero-order valence-electron chi connectivity index (χ0n) is 5.56. The third kappa shape index (κ3) is 1.84. The van der Waals surface area contributed by atoms with E-state index >= 15 is 0 Å². The molecule has 0 saturated carbocycles. The Labute approximate surface area is 72.2 Å². The standard InChI is InChI=1S/C5H8N2O2S2/c6-2-4-1-5(10)7(3-4)11(8)9/h1,3,10H,2,6H2,(H,8,9)/p-1. The molecule has 0 amide bonds. The van der Waals surface area contributed by atoms with Crippen LogP contribution in [0.15, 0.2) is 17.3 Å².